The maximum absolute atomic E-state index is 4.14. The second kappa shape index (κ2) is 5.03. The Morgan fingerprint density at radius 2 is 1.62 bits per heavy atom. The Kier molecular flexibility index (Phi) is 3.11. The van der Waals surface area contributed by atoms with Crippen molar-refractivity contribution in [2.45, 2.75) is 55.5 Å². The molecule has 112 valence electrons. The topological polar surface area (TPSA) is 12.0 Å². The lowest BCUT2D eigenvalue weighted by atomic mass is 9.54. The van der Waals surface area contributed by atoms with Gasteiger partial charge in [-0.2, -0.15) is 0 Å². The summed E-state index contributed by atoms with van der Waals surface area (Å²) in [5.74, 6) is 5.42. The zero-order valence-electron chi connectivity index (χ0n) is 12.6. The van der Waals surface area contributed by atoms with Gasteiger partial charge >= 0.3 is 0 Å². The zero-order chi connectivity index (χ0) is 13.8. The van der Waals surface area contributed by atoms with Gasteiger partial charge in [-0.3, -0.25) is 0 Å². The van der Waals surface area contributed by atoms with E-state index in [2.05, 4.69) is 29.6 Å². The highest BCUT2D eigenvalue weighted by molar-refractivity contribution is 7.99. The van der Waals surface area contributed by atoms with Gasteiger partial charge in [0.05, 0.1) is 0 Å². The molecule has 4 saturated carbocycles. The lowest BCUT2D eigenvalue weighted by Gasteiger charge is -2.55. The van der Waals surface area contributed by atoms with Gasteiger partial charge < -0.3 is 5.32 Å². The molecule has 1 heterocycles. The Morgan fingerprint density at radius 3 is 2.38 bits per heavy atom. The molecule has 0 aromatic heterocycles. The van der Waals surface area contributed by atoms with Crippen molar-refractivity contribution in [1.82, 2.24) is 5.32 Å². The second-order valence-electron chi connectivity index (χ2n) is 7.85. The third-order valence-electron chi connectivity index (χ3n) is 6.58. The Bertz CT molecular complexity index is 512. The number of rotatable bonds is 2. The van der Waals surface area contributed by atoms with Crippen LogP contribution in [0.15, 0.2) is 29.2 Å². The fourth-order valence-corrected chi connectivity index (χ4v) is 7.07. The minimum Gasteiger partial charge on any atom is -0.307 e. The van der Waals surface area contributed by atoms with Gasteiger partial charge in [-0.1, -0.05) is 18.2 Å². The molecule has 2 heteroatoms. The van der Waals surface area contributed by atoms with Gasteiger partial charge in [-0.25, -0.2) is 0 Å². The summed E-state index contributed by atoms with van der Waals surface area (Å²) in [4.78, 5) is 1.52. The molecule has 1 aromatic carbocycles. The number of hydrogen-bond donors (Lipinski definition) is 1. The second-order valence-corrected chi connectivity index (χ2v) is 8.99. The van der Waals surface area contributed by atoms with E-state index in [1.165, 1.54) is 42.8 Å². The van der Waals surface area contributed by atoms with Crippen molar-refractivity contribution >= 4 is 11.8 Å². The first-order valence-electron chi connectivity index (χ1n) is 8.84. The lowest BCUT2D eigenvalue weighted by Crippen LogP contribution is -2.55. The molecule has 1 unspecified atom stereocenters. The van der Waals surface area contributed by atoms with Crippen LogP contribution in [-0.2, 0) is 0 Å². The SMILES string of the molecule is c1ccc2c(c1)SCCC2NC1C2CC3CC(C2)CC1C3. The van der Waals surface area contributed by atoms with Gasteiger partial charge in [0.1, 0.15) is 0 Å². The van der Waals surface area contributed by atoms with Crippen molar-refractivity contribution in [3.8, 4) is 0 Å². The van der Waals surface area contributed by atoms with Crippen LogP contribution < -0.4 is 5.32 Å². The first kappa shape index (κ1) is 13.0. The number of nitrogens with one attached hydrogen (secondary N) is 1. The first-order valence-corrected chi connectivity index (χ1v) is 9.83. The molecule has 1 aliphatic heterocycles. The van der Waals surface area contributed by atoms with E-state index in [0.717, 1.165) is 29.7 Å². The van der Waals surface area contributed by atoms with Crippen LogP contribution in [0.2, 0.25) is 0 Å². The quantitative estimate of drug-likeness (QED) is 0.854. The molecule has 0 spiro atoms. The van der Waals surface area contributed by atoms with Crippen molar-refractivity contribution in [3.05, 3.63) is 29.8 Å². The Balaban J connectivity index is 1.39. The van der Waals surface area contributed by atoms with Gasteiger partial charge in [-0.15, -0.1) is 11.8 Å². The van der Waals surface area contributed by atoms with Crippen molar-refractivity contribution in [2.75, 3.05) is 5.75 Å². The minimum atomic E-state index is 0.616. The van der Waals surface area contributed by atoms with Gasteiger partial charge in [0.25, 0.3) is 0 Å². The molecule has 5 aliphatic rings. The summed E-state index contributed by atoms with van der Waals surface area (Å²) in [5, 5.41) is 4.14. The number of benzene rings is 1. The number of fused-ring (bicyclic) bond motifs is 1. The minimum absolute atomic E-state index is 0.616. The predicted octanol–water partition coefficient (Wildman–Crippen LogP) is 4.64. The van der Waals surface area contributed by atoms with E-state index in [1.54, 1.807) is 12.0 Å². The average molecular weight is 299 g/mol. The Hall–Kier alpha value is -0.470. The van der Waals surface area contributed by atoms with Crippen molar-refractivity contribution in [1.29, 1.82) is 0 Å². The van der Waals surface area contributed by atoms with Crippen LogP contribution >= 0.6 is 11.8 Å². The smallest absolute Gasteiger partial charge is 0.0341 e. The third-order valence-corrected chi connectivity index (χ3v) is 7.70. The van der Waals surface area contributed by atoms with E-state index in [0.29, 0.717) is 6.04 Å². The molecular weight excluding hydrogens is 274 g/mol. The lowest BCUT2D eigenvalue weighted by molar-refractivity contribution is -0.0181. The summed E-state index contributed by atoms with van der Waals surface area (Å²) in [5.41, 5.74) is 1.57. The van der Waals surface area contributed by atoms with Crippen molar-refractivity contribution < 1.29 is 0 Å². The van der Waals surface area contributed by atoms with E-state index in [-0.39, 0.29) is 0 Å². The van der Waals surface area contributed by atoms with Crippen molar-refractivity contribution in [2.24, 2.45) is 23.7 Å². The molecule has 0 radical (unpaired) electrons. The van der Waals surface area contributed by atoms with Crippen LogP contribution in [0.3, 0.4) is 0 Å². The number of hydrogen-bond acceptors (Lipinski definition) is 2. The van der Waals surface area contributed by atoms with Gasteiger partial charge in [0.2, 0.25) is 0 Å². The Morgan fingerprint density at radius 1 is 0.905 bits per heavy atom. The molecule has 4 aliphatic carbocycles. The summed E-state index contributed by atoms with van der Waals surface area (Å²) in [7, 11) is 0. The molecule has 0 saturated heterocycles. The van der Waals surface area contributed by atoms with E-state index >= 15 is 0 Å². The Labute approximate surface area is 132 Å². The summed E-state index contributed by atoms with van der Waals surface area (Å²) in [6.07, 6.45) is 8.95. The molecule has 1 atom stereocenters. The van der Waals surface area contributed by atoms with Gasteiger partial charge in [0.15, 0.2) is 0 Å². The zero-order valence-corrected chi connectivity index (χ0v) is 13.4. The summed E-state index contributed by atoms with van der Waals surface area (Å²) in [6.45, 7) is 0. The number of thioether (sulfide) groups is 1. The van der Waals surface area contributed by atoms with Crippen LogP contribution in [-0.4, -0.2) is 11.8 Å². The summed E-state index contributed by atoms with van der Waals surface area (Å²) < 4.78 is 0. The molecular formula is C19H25NS. The van der Waals surface area contributed by atoms with Crippen LogP contribution in [0.1, 0.15) is 50.1 Å². The standard InChI is InChI=1S/C19H25NS/c1-2-4-18-16(3-1)17(5-6-21-18)20-19-14-8-12-7-13(10-14)11-15(19)9-12/h1-4,12-15,17,19-20H,5-11H2. The molecule has 0 amide bonds. The van der Waals surface area contributed by atoms with Crippen molar-refractivity contribution in [3.63, 3.8) is 0 Å². The van der Waals surface area contributed by atoms with Gasteiger partial charge in [-0.05, 0) is 79.6 Å². The summed E-state index contributed by atoms with van der Waals surface area (Å²) in [6, 6.07) is 10.5. The highest BCUT2D eigenvalue weighted by Gasteiger charge is 2.48. The fourth-order valence-electron chi connectivity index (χ4n) is 5.94. The van der Waals surface area contributed by atoms with Gasteiger partial charge in [0, 0.05) is 17.0 Å². The molecule has 6 rings (SSSR count). The van der Waals surface area contributed by atoms with Crippen LogP contribution in [0.5, 0.6) is 0 Å². The molecule has 4 fully saturated rings. The van der Waals surface area contributed by atoms with E-state index in [4.69, 9.17) is 0 Å². The molecule has 21 heavy (non-hydrogen) atoms. The maximum atomic E-state index is 4.14. The summed E-state index contributed by atoms with van der Waals surface area (Å²) >= 11 is 2.04. The van der Waals surface area contributed by atoms with E-state index in [1.807, 2.05) is 11.8 Å². The normalized spacial score (nSPS) is 43.8. The fraction of sp³-hybridized carbons (Fsp3) is 0.684. The highest BCUT2D eigenvalue weighted by Crippen LogP contribution is 2.54. The maximum Gasteiger partial charge on any atom is 0.0341 e. The third kappa shape index (κ3) is 2.17. The average Bonchev–Trinajstić information content (AvgIpc) is 2.50. The molecule has 4 bridgehead atoms. The molecule has 1 aromatic rings. The molecule has 1 N–H and O–H groups in total. The molecule has 1 nitrogen and oxygen atoms in total. The van der Waals surface area contributed by atoms with E-state index < -0.39 is 0 Å². The largest absolute Gasteiger partial charge is 0.307 e. The van der Waals surface area contributed by atoms with Crippen LogP contribution in [0.4, 0.5) is 0 Å². The van der Waals surface area contributed by atoms with Crippen LogP contribution in [0.25, 0.3) is 0 Å². The monoisotopic (exact) mass is 299 g/mol. The first-order chi connectivity index (χ1) is 10.4. The predicted molar refractivity (Wildman–Crippen MR) is 88.5 cm³/mol. The highest BCUT2D eigenvalue weighted by atomic mass is 32.2. The van der Waals surface area contributed by atoms with E-state index in [9.17, 15) is 0 Å². The van der Waals surface area contributed by atoms with Crippen LogP contribution in [0, 0.1) is 23.7 Å².